The van der Waals surface area contributed by atoms with E-state index >= 15 is 0 Å². The largest absolute Gasteiger partial charge is 0.353 e. The van der Waals surface area contributed by atoms with Crippen LogP contribution in [0.2, 0.25) is 0 Å². The Kier molecular flexibility index (Phi) is 4.42. The SMILES string of the molecule is CC(C)(C)c1cc(=O)n2c(n1)SCC(C(=O)N1CCNC(=O)C1)C2. The maximum absolute atomic E-state index is 12.6. The number of carbonyl (C=O) groups is 2. The lowest BCUT2D eigenvalue weighted by atomic mass is 9.92. The second-order valence-corrected chi connectivity index (χ2v) is 8.23. The van der Waals surface area contributed by atoms with E-state index in [-0.39, 0.29) is 35.3 Å². The van der Waals surface area contributed by atoms with Gasteiger partial charge in [-0.25, -0.2) is 4.98 Å². The van der Waals surface area contributed by atoms with Crippen LogP contribution >= 0.6 is 11.8 Å². The van der Waals surface area contributed by atoms with E-state index in [1.165, 1.54) is 11.8 Å². The third-order valence-corrected chi connectivity index (χ3v) is 5.40. The summed E-state index contributed by atoms with van der Waals surface area (Å²) in [5, 5.41) is 3.39. The highest BCUT2D eigenvalue weighted by Crippen LogP contribution is 2.28. The highest BCUT2D eigenvalue weighted by molar-refractivity contribution is 7.99. The summed E-state index contributed by atoms with van der Waals surface area (Å²) in [5.41, 5.74) is 0.457. The first-order valence-corrected chi connectivity index (χ1v) is 9.05. The smallest absolute Gasteiger partial charge is 0.254 e. The van der Waals surface area contributed by atoms with Crippen LogP contribution in [0.15, 0.2) is 16.0 Å². The summed E-state index contributed by atoms with van der Waals surface area (Å²) < 4.78 is 1.58. The van der Waals surface area contributed by atoms with Crippen molar-refractivity contribution in [1.82, 2.24) is 19.8 Å². The predicted molar refractivity (Wildman–Crippen MR) is 91.0 cm³/mol. The first-order valence-electron chi connectivity index (χ1n) is 8.06. The van der Waals surface area contributed by atoms with Crippen LogP contribution in [0, 0.1) is 5.92 Å². The molecule has 0 aromatic carbocycles. The molecule has 8 heteroatoms. The van der Waals surface area contributed by atoms with Gasteiger partial charge >= 0.3 is 0 Å². The Labute approximate surface area is 144 Å². The Bertz CT molecular complexity index is 738. The van der Waals surface area contributed by atoms with Crippen LogP contribution in [-0.2, 0) is 21.5 Å². The van der Waals surface area contributed by atoms with Gasteiger partial charge in [-0.3, -0.25) is 19.0 Å². The van der Waals surface area contributed by atoms with E-state index in [9.17, 15) is 14.4 Å². The van der Waals surface area contributed by atoms with Crippen LogP contribution in [-0.4, -0.2) is 51.7 Å². The summed E-state index contributed by atoms with van der Waals surface area (Å²) in [6.07, 6.45) is 0. The van der Waals surface area contributed by atoms with Crippen molar-refractivity contribution in [3.05, 3.63) is 22.1 Å². The molecule has 1 N–H and O–H groups in total. The van der Waals surface area contributed by atoms with Crippen molar-refractivity contribution in [2.45, 2.75) is 37.9 Å². The Hall–Kier alpha value is -1.83. The topological polar surface area (TPSA) is 84.3 Å². The Morgan fingerprint density at radius 1 is 1.38 bits per heavy atom. The van der Waals surface area contributed by atoms with Gasteiger partial charge in [-0.15, -0.1) is 0 Å². The average molecular weight is 350 g/mol. The van der Waals surface area contributed by atoms with Crippen molar-refractivity contribution >= 4 is 23.6 Å². The second-order valence-electron chi connectivity index (χ2n) is 7.24. The van der Waals surface area contributed by atoms with Crippen molar-refractivity contribution in [3.63, 3.8) is 0 Å². The molecule has 1 fully saturated rings. The van der Waals surface area contributed by atoms with Gasteiger partial charge in [0.1, 0.15) is 0 Å². The van der Waals surface area contributed by atoms with Crippen LogP contribution in [0.1, 0.15) is 26.5 Å². The predicted octanol–water partition coefficient (Wildman–Crippen LogP) is 0.221. The molecule has 1 unspecified atom stereocenters. The van der Waals surface area contributed by atoms with Crippen LogP contribution < -0.4 is 10.9 Å². The molecule has 1 saturated heterocycles. The van der Waals surface area contributed by atoms with Crippen LogP contribution in [0.3, 0.4) is 0 Å². The van der Waals surface area contributed by atoms with E-state index in [4.69, 9.17) is 0 Å². The van der Waals surface area contributed by atoms with Crippen LogP contribution in [0.5, 0.6) is 0 Å². The number of thioether (sulfide) groups is 1. The zero-order valence-electron chi connectivity index (χ0n) is 14.2. The average Bonchev–Trinajstić information content (AvgIpc) is 2.53. The molecular weight excluding hydrogens is 328 g/mol. The summed E-state index contributed by atoms with van der Waals surface area (Å²) in [6.45, 7) is 7.50. The highest BCUT2D eigenvalue weighted by atomic mass is 32.2. The number of rotatable bonds is 1. The minimum Gasteiger partial charge on any atom is -0.353 e. The molecule has 2 amide bonds. The third-order valence-electron chi connectivity index (χ3n) is 4.26. The Morgan fingerprint density at radius 3 is 2.79 bits per heavy atom. The van der Waals surface area contributed by atoms with E-state index < -0.39 is 0 Å². The Balaban J connectivity index is 1.81. The first kappa shape index (κ1) is 17.0. The standard InChI is InChI=1S/C16H22N4O3S/c1-16(2,3)11-6-13(22)20-7-10(9-24-15(20)18-11)14(23)19-5-4-17-12(21)8-19/h6,10H,4-5,7-9H2,1-3H3,(H,17,21). The first-order chi connectivity index (χ1) is 11.3. The van der Waals surface area contributed by atoms with Gasteiger partial charge in [-0.1, -0.05) is 32.5 Å². The lowest BCUT2D eigenvalue weighted by Gasteiger charge is -2.32. The van der Waals surface area contributed by atoms with Crippen molar-refractivity contribution in [1.29, 1.82) is 0 Å². The number of nitrogens with one attached hydrogen (secondary N) is 1. The second kappa shape index (κ2) is 6.23. The fourth-order valence-corrected chi connectivity index (χ4v) is 3.91. The highest BCUT2D eigenvalue weighted by Gasteiger charge is 2.32. The van der Waals surface area contributed by atoms with Gasteiger partial charge in [-0.05, 0) is 0 Å². The number of nitrogens with zero attached hydrogens (tertiary/aromatic N) is 3. The molecular formula is C16H22N4O3S. The molecule has 7 nitrogen and oxygen atoms in total. The van der Waals surface area contributed by atoms with Gasteiger partial charge in [0.05, 0.1) is 18.2 Å². The molecule has 3 heterocycles. The number of fused-ring (bicyclic) bond motifs is 1. The van der Waals surface area contributed by atoms with E-state index in [0.717, 1.165) is 5.69 Å². The normalized spacial score (nSPS) is 21.2. The van der Waals surface area contributed by atoms with E-state index in [1.807, 2.05) is 20.8 Å². The van der Waals surface area contributed by atoms with Crippen molar-refractivity contribution in [3.8, 4) is 0 Å². The molecule has 130 valence electrons. The summed E-state index contributed by atoms with van der Waals surface area (Å²) in [5.74, 6) is 0.0899. The zero-order chi connectivity index (χ0) is 17.5. The van der Waals surface area contributed by atoms with Gasteiger partial charge in [-0.2, -0.15) is 0 Å². The molecule has 1 aromatic heterocycles. The number of piperazine rings is 1. The van der Waals surface area contributed by atoms with Gasteiger partial charge < -0.3 is 10.2 Å². The molecule has 3 rings (SSSR count). The zero-order valence-corrected chi connectivity index (χ0v) is 15.0. The molecule has 24 heavy (non-hydrogen) atoms. The van der Waals surface area contributed by atoms with Gasteiger partial charge in [0.2, 0.25) is 11.8 Å². The lowest BCUT2D eigenvalue weighted by Crippen LogP contribution is -2.53. The maximum atomic E-state index is 12.6. The van der Waals surface area contributed by atoms with E-state index in [0.29, 0.717) is 30.5 Å². The molecule has 1 atom stereocenters. The summed E-state index contributed by atoms with van der Waals surface area (Å²) in [6, 6.07) is 1.56. The van der Waals surface area contributed by atoms with Gasteiger partial charge in [0.15, 0.2) is 5.16 Å². The molecule has 0 bridgehead atoms. The molecule has 0 radical (unpaired) electrons. The van der Waals surface area contributed by atoms with Crippen molar-refractivity contribution < 1.29 is 9.59 Å². The monoisotopic (exact) mass is 350 g/mol. The van der Waals surface area contributed by atoms with E-state index in [1.54, 1.807) is 15.5 Å². The molecule has 0 saturated carbocycles. The fourth-order valence-electron chi connectivity index (χ4n) is 2.83. The molecule has 0 aliphatic carbocycles. The number of amides is 2. The lowest BCUT2D eigenvalue weighted by molar-refractivity contribution is -0.141. The molecule has 0 spiro atoms. The fraction of sp³-hybridized carbons (Fsp3) is 0.625. The Morgan fingerprint density at radius 2 is 2.12 bits per heavy atom. The van der Waals surface area contributed by atoms with E-state index in [2.05, 4.69) is 10.3 Å². The van der Waals surface area contributed by atoms with Gasteiger partial charge in [0.25, 0.3) is 5.56 Å². The third kappa shape index (κ3) is 3.33. The number of aromatic nitrogens is 2. The number of hydrogen-bond donors (Lipinski definition) is 1. The summed E-state index contributed by atoms with van der Waals surface area (Å²) in [4.78, 5) is 42.7. The molecule has 2 aliphatic heterocycles. The number of hydrogen-bond acceptors (Lipinski definition) is 5. The quantitative estimate of drug-likeness (QED) is 0.733. The van der Waals surface area contributed by atoms with Gasteiger partial charge in [0, 0.05) is 36.9 Å². The van der Waals surface area contributed by atoms with Crippen molar-refractivity contribution in [2.75, 3.05) is 25.4 Å². The molecule has 2 aliphatic rings. The van der Waals surface area contributed by atoms with Crippen LogP contribution in [0.25, 0.3) is 0 Å². The summed E-state index contributed by atoms with van der Waals surface area (Å²) >= 11 is 1.44. The number of carbonyl (C=O) groups excluding carboxylic acids is 2. The maximum Gasteiger partial charge on any atom is 0.254 e. The molecule has 1 aromatic rings. The minimum absolute atomic E-state index is 0.0604. The minimum atomic E-state index is -0.298. The van der Waals surface area contributed by atoms with Crippen molar-refractivity contribution in [2.24, 2.45) is 5.92 Å². The van der Waals surface area contributed by atoms with Crippen LogP contribution in [0.4, 0.5) is 0 Å². The summed E-state index contributed by atoms with van der Waals surface area (Å²) in [7, 11) is 0.